The minimum atomic E-state index is -0.120. The van der Waals surface area contributed by atoms with Crippen LogP contribution in [0.15, 0.2) is 24.3 Å². The maximum atomic E-state index is 9.48. The van der Waals surface area contributed by atoms with E-state index in [0.717, 1.165) is 36.5 Å². The maximum absolute atomic E-state index is 9.48. The maximum Gasteiger partial charge on any atom is 0.114 e. The highest BCUT2D eigenvalue weighted by molar-refractivity contribution is 5.50. The highest BCUT2D eigenvalue weighted by Gasteiger charge is 2.26. The number of benzene rings is 1. The van der Waals surface area contributed by atoms with Crippen molar-refractivity contribution in [2.24, 2.45) is 0 Å². The highest BCUT2D eigenvalue weighted by atomic mass is 16.5. The number of hydrogen-bond acceptors (Lipinski definition) is 5. The molecule has 1 atom stereocenters. The fourth-order valence-corrected chi connectivity index (χ4v) is 2.63. The number of aliphatic hydroxyl groups excluding tert-OH is 1. The predicted molar refractivity (Wildman–Crippen MR) is 79.5 cm³/mol. The fourth-order valence-electron chi connectivity index (χ4n) is 2.63. The summed E-state index contributed by atoms with van der Waals surface area (Å²) in [6.07, 6.45) is 1.94. The van der Waals surface area contributed by atoms with Gasteiger partial charge in [-0.3, -0.25) is 0 Å². The Morgan fingerprint density at radius 2 is 2.10 bits per heavy atom. The molecule has 1 aromatic heterocycles. The second kappa shape index (κ2) is 5.83. The first-order valence-electron chi connectivity index (χ1n) is 7.15. The Morgan fingerprint density at radius 3 is 2.67 bits per heavy atom. The molecule has 6 heteroatoms. The van der Waals surface area contributed by atoms with Crippen molar-refractivity contribution in [2.45, 2.75) is 25.6 Å². The molecule has 21 heavy (non-hydrogen) atoms. The first-order valence-corrected chi connectivity index (χ1v) is 7.15. The lowest BCUT2D eigenvalue weighted by molar-refractivity contribution is 0.104. The van der Waals surface area contributed by atoms with Crippen molar-refractivity contribution >= 4 is 5.69 Å². The molecule has 1 aliphatic rings. The predicted octanol–water partition coefficient (Wildman–Crippen LogP) is 1.68. The van der Waals surface area contributed by atoms with E-state index in [4.69, 9.17) is 4.74 Å². The lowest BCUT2D eigenvalue weighted by atomic mass is 10.1. The molecule has 0 aliphatic carbocycles. The van der Waals surface area contributed by atoms with E-state index in [9.17, 15) is 5.11 Å². The summed E-state index contributed by atoms with van der Waals surface area (Å²) >= 11 is 0. The SMILES string of the molecule is CN(C)c1ccc(-n2nnc(CO)c2C2CCCO2)cc1. The van der Waals surface area contributed by atoms with Crippen LogP contribution in [0.1, 0.15) is 30.3 Å². The van der Waals surface area contributed by atoms with E-state index in [1.165, 1.54) is 0 Å². The molecule has 1 fully saturated rings. The molecule has 0 saturated carbocycles. The molecule has 6 nitrogen and oxygen atoms in total. The van der Waals surface area contributed by atoms with E-state index in [1.807, 2.05) is 43.3 Å². The van der Waals surface area contributed by atoms with E-state index in [2.05, 4.69) is 10.3 Å². The van der Waals surface area contributed by atoms with Crippen molar-refractivity contribution in [2.75, 3.05) is 25.6 Å². The van der Waals surface area contributed by atoms with Crippen molar-refractivity contribution in [3.05, 3.63) is 35.7 Å². The average molecular weight is 288 g/mol. The molecule has 2 heterocycles. The van der Waals surface area contributed by atoms with Crippen LogP contribution in [0, 0.1) is 0 Å². The third-order valence-corrected chi connectivity index (χ3v) is 3.77. The van der Waals surface area contributed by atoms with Gasteiger partial charge in [0.2, 0.25) is 0 Å². The zero-order valence-electron chi connectivity index (χ0n) is 12.4. The van der Waals surface area contributed by atoms with Gasteiger partial charge in [0.05, 0.1) is 18.0 Å². The van der Waals surface area contributed by atoms with Gasteiger partial charge in [-0.15, -0.1) is 5.10 Å². The van der Waals surface area contributed by atoms with E-state index in [1.54, 1.807) is 4.68 Å². The van der Waals surface area contributed by atoms with Crippen LogP contribution < -0.4 is 4.90 Å². The van der Waals surface area contributed by atoms with Crippen molar-refractivity contribution < 1.29 is 9.84 Å². The number of hydrogen-bond donors (Lipinski definition) is 1. The van der Waals surface area contributed by atoms with Crippen molar-refractivity contribution in [3.8, 4) is 5.69 Å². The molecule has 112 valence electrons. The molecule has 0 bridgehead atoms. The lowest BCUT2D eigenvalue weighted by Gasteiger charge is -2.15. The van der Waals surface area contributed by atoms with E-state index < -0.39 is 0 Å². The summed E-state index contributed by atoms with van der Waals surface area (Å²) in [6, 6.07) is 8.08. The first-order chi connectivity index (χ1) is 10.2. The van der Waals surface area contributed by atoms with Crippen LogP contribution in [-0.2, 0) is 11.3 Å². The van der Waals surface area contributed by atoms with Crippen LogP contribution in [0.4, 0.5) is 5.69 Å². The standard InChI is InChI=1S/C15H20N4O2/c1-18(2)11-5-7-12(8-6-11)19-15(13(10-20)16-17-19)14-4-3-9-21-14/h5-8,14,20H,3-4,9-10H2,1-2H3. The van der Waals surface area contributed by atoms with Crippen molar-refractivity contribution in [3.63, 3.8) is 0 Å². The summed E-state index contributed by atoms with van der Waals surface area (Å²) in [5.41, 5.74) is 3.52. The minimum absolute atomic E-state index is 0.0318. The van der Waals surface area contributed by atoms with Crippen LogP contribution in [0.2, 0.25) is 0 Å². The number of aliphatic hydroxyl groups is 1. The Kier molecular flexibility index (Phi) is 3.90. The molecule has 0 spiro atoms. The molecule has 1 unspecified atom stereocenters. The zero-order valence-corrected chi connectivity index (χ0v) is 12.4. The lowest BCUT2D eigenvalue weighted by Crippen LogP contribution is -2.11. The Morgan fingerprint density at radius 1 is 1.33 bits per heavy atom. The van der Waals surface area contributed by atoms with E-state index in [-0.39, 0.29) is 12.7 Å². The summed E-state index contributed by atoms with van der Waals surface area (Å²) in [6.45, 7) is 0.630. The normalized spacial score (nSPS) is 18.1. The quantitative estimate of drug-likeness (QED) is 0.927. The van der Waals surface area contributed by atoms with Crippen LogP contribution >= 0.6 is 0 Å². The number of anilines is 1. The molecule has 3 rings (SSSR count). The van der Waals surface area contributed by atoms with Gasteiger partial charge in [0.15, 0.2) is 0 Å². The molecule has 1 saturated heterocycles. The number of rotatable bonds is 4. The van der Waals surface area contributed by atoms with Gasteiger partial charge in [-0.1, -0.05) is 5.21 Å². The Labute approximate surface area is 124 Å². The van der Waals surface area contributed by atoms with Gasteiger partial charge in [0.25, 0.3) is 0 Å². The molecule has 2 aromatic rings. The highest BCUT2D eigenvalue weighted by Crippen LogP contribution is 2.31. The largest absolute Gasteiger partial charge is 0.390 e. The van der Waals surface area contributed by atoms with Crippen LogP contribution in [0.25, 0.3) is 5.69 Å². The average Bonchev–Trinajstić information content (AvgIpc) is 3.15. The topological polar surface area (TPSA) is 63.4 Å². The number of ether oxygens (including phenoxy) is 1. The van der Waals surface area contributed by atoms with Gasteiger partial charge in [-0.25, -0.2) is 4.68 Å². The Hall–Kier alpha value is -1.92. The van der Waals surface area contributed by atoms with Gasteiger partial charge in [-0.2, -0.15) is 0 Å². The summed E-state index contributed by atoms with van der Waals surface area (Å²) in [7, 11) is 4.01. The molecular weight excluding hydrogens is 268 g/mol. The zero-order chi connectivity index (χ0) is 14.8. The molecule has 0 radical (unpaired) electrons. The van der Waals surface area contributed by atoms with Gasteiger partial charge < -0.3 is 14.7 Å². The molecule has 1 aromatic carbocycles. The van der Waals surface area contributed by atoms with Gasteiger partial charge in [0, 0.05) is 26.4 Å². The molecule has 0 amide bonds. The monoisotopic (exact) mass is 288 g/mol. The van der Waals surface area contributed by atoms with Gasteiger partial charge in [0.1, 0.15) is 11.8 Å². The minimum Gasteiger partial charge on any atom is -0.390 e. The van der Waals surface area contributed by atoms with Gasteiger partial charge >= 0.3 is 0 Å². The fraction of sp³-hybridized carbons (Fsp3) is 0.467. The summed E-state index contributed by atoms with van der Waals surface area (Å²) < 4.78 is 7.52. The smallest absolute Gasteiger partial charge is 0.114 e. The molecule has 1 N–H and O–H groups in total. The third-order valence-electron chi connectivity index (χ3n) is 3.77. The first kappa shape index (κ1) is 14.0. The van der Waals surface area contributed by atoms with Crippen LogP contribution in [-0.4, -0.2) is 40.8 Å². The summed E-state index contributed by atoms with van der Waals surface area (Å²) in [4.78, 5) is 2.05. The summed E-state index contributed by atoms with van der Waals surface area (Å²) in [5.74, 6) is 0. The van der Waals surface area contributed by atoms with Crippen molar-refractivity contribution in [1.29, 1.82) is 0 Å². The molecule has 1 aliphatic heterocycles. The second-order valence-electron chi connectivity index (χ2n) is 5.40. The van der Waals surface area contributed by atoms with E-state index >= 15 is 0 Å². The van der Waals surface area contributed by atoms with Crippen LogP contribution in [0.3, 0.4) is 0 Å². The van der Waals surface area contributed by atoms with Gasteiger partial charge in [-0.05, 0) is 37.1 Å². The summed E-state index contributed by atoms with van der Waals surface area (Å²) in [5, 5.41) is 17.8. The second-order valence-corrected chi connectivity index (χ2v) is 5.40. The number of aromatic nitrogens is 3. The number of nitrogens with zero attached hydrogens (tertiary/aromatic N) is 4. The van der Waals surface area contributed by atoms with E-state index in [0.29, 0.717) is 5.69 Å². The Bertz CT molecular complexity index is 601. The molecular formula is C15H20N4O2. The third kappa shape index (κ3) is 2.64. The van der Waals surface area contributed by atoms with Crippen LogP contribution in [0.5, 0.6) is 0 Å². The Balaban J connectivity index is 1.99. The van der Waals surface area contributed by atoms with Crippen molar-refractivity contribution in [1.82, 2.24) is 15.0 Å².